The van der Waals surface area contributed by atoms with E-state index in [9.17, 15) is 24.6 Å². The molecule has 0 spiro atoms. The maximum absolute atomic E-state index is 11.5. The van der Waals surface area contributed by atoms with Crippen molar-refractivity contribution >= 4 is 17.7 Å². The van der Waals surface area contributed by atoms with Crippen molar-refractivity contribution in [2.75, 3.05) is 13.2 Å². The highest BCUT2D eigenvalue weighted by molar-refractivity contribution is 5.92. The number of carbonyl (C=O) groups excluding carboxylic acids is 2. The molecule has 0 saturated heterocycles. The zero-order chi connectivity index (χ0) is 16.9. The third-order valence-corrected chi connectivity index (χ3v) is 2.60. The van der Waals surface area contributed by atoms with Gasteiger partial charge in [-0.05, 0) is 12.1 Å². The number of ketones is 1. The second-order valence-corrected chi connectivity index (χ2v) is 4.20. The topological polar surface area (TPSA) is 175 Å². The summed E-state index contributed by atoms with van der Waals surface area (Å²) in [6, 6.07) is 2.04. The molecular weight excluding hydrogens is 304 g/mol. The first-order valence-electron chi connectivity index (χ1n) is 5.96. The number of rotatable bonds is 8. The van der Waals surface area contributed by atoms with Crippen molar-refractivity contribution in [3.8, 4) is 0 Å². The van der Waals surface area contributed by atoms with Gasteiger partial charge in [-0.2, -0.15) is 0 Å². The number of aromatic carboxylic acids is 1. The molecule has 10 nitrogen and oxygen atoms in total. The summed E-state index contributed by atoms with van der Waals surface area (Å²) in [4.78, 5) is 33.5. The second kappa shape index (κ2) is 7.66. The van der Waals surface area contributed by atoms with Gasteiger partial charge in [0.1, 0.15) is 18.3 Å². The summed E-state index contributed by atoms with van der Waals surface area (Å²) in [5, 5.41) is 44.9. The number of carboxylic acids is 1. The number of hydrogen-bond donors (Lipinski definition) is 5. The minimum atomic E-state index is -2.07. The van der Waals surface area contributed by atoms with Crippen molar-refractivity contribution in [2.24, 2.45) is 0 Å². The van der Waals surface area contributed by atoms with Crippen LogP contribution in [0, 0.1) is 0 Å². The molecule has 1 aromatic heterocycles. The van der Waals surface area contributed by atoms with Gasteiger partial charge in [0.2, 0.25) is 17.3 Å². The zero-order valence-corrected chi connectivity index (χ0v) is 11.1. The third-order valence-electron chi connectivity index (χ3n) is 2.60. The molecular formula is C12H14O10. The van der Waals surface area contributed by atoms with E-state index in [1.807, 2.05) is 0 Å². The minimum Gasteiger partial charge on any atom is -0.475 e. The lowest BCUT2D eigenvalue weighted by Crippen LogP contribution is -2.45. The molecule has 122 valence electrons. The molecule has 1 aromatic rings. The van der Waals surface area contributed by atoms with Crippen LogP contribution in [0.3, 0.4) is 0 Å². The Balaban J connectivity index is 2.55. The van der Waals surface area contributed by atoms with Gasteiger partial charge in [-0.3, -0.25) is 4.79 Å². The van der Waals surface area contributed by atoms with Gasteiger partial charge in [-0.25, -0.2) is 9.59 Å². The summed E-state index contributed by atoms with van der Waals surface area (Å²) in [7, 11) is 0. The van der Waals surface area contributed by atoms with Gasteiger partial charge in [0.15, 0.2) is 6.61 Å². The molecule has 5 N–H and O–H groups in total. The normalized spacial score (nSPS) is 14.9. The number of esters is 1. The van der Waals surface area contributed by atoms with Crippen molar-refractivity contribution in [3.63, 3.8) is 0 Å². The average molecular weight is 318 g/mol. The number of aliphatic hydroxyl groups excluding tert-OH is 4. The second-order valence-electron chi connectivity index (χ2n) is 4.20. The molecule has 0 aromatic carbocycles. The van der Waals surface area contributed by atoms with Crippen LogP contribution < -0.4 is 0 Å². The van der Waals surface area contributed by atoms with Crippen LogP contribution in [0.25, 0.3) is 0 Å². The first-order valence-corrected chi connectivity index (χ1v) is 5.96. The Labute approximate surface area is 123 Å². The lowest BCUT2D eigenvalue weighted by atomic mass is 10.1. The predicted molar refractivity (Wildman–Crippen MR) is 66.1 cm³/mol. The minimum absolute atomic E-state index is 0.462. The summed E-state index contributed by atoms with van der Waals surface area (Å²) >= 11 is 0. The fourth-order valence-corrected chi connectivity index (χ4v) is 1.36. The van der Waals surface area contributed by atoms with Crippen molar-refractivity contribution in [1.82, 2.24) is 0 Å². The lowest BCUT2D eigenvalue weighted by Gasteiger charge is -2.20. The standard InChI is InChI=1S/C12H14O10/c13-3-5(14)9(16)10(17)6(15)4-21-12(20)8-2-1-7(22-8)11(18)19/h1-2,5,9-10,13-14,16-17H,3-4H2,(H,18,19)/t5-,9-,10-/m1/s1. The van der Waals surface area contributed by atoms with Crippen LogP contribution in [-0.4, -0.2) is 74.8 Å². The number of Topliss-reactive ketones (excluding diaryl/α,β-unsaturated/α-hetero) is 1. The fraction of sp³-hybridized carbons (Fsp3) is 0.417. The van der Waals surface area contributed by atoms with Gasteiger partial charge >= 0.3 is 11.9 Å². The Morgan fingerprint density at radius 2 is 1.73 bits per heavy atom. The highest BCUT2D eigenvalue weighted by Gasteiger charge is 2.30. The van der Waals surface area contributed by atoms with Crippen LogP contribution in [0.1, 0.15) is 21.1 Å². The largest absolute Gasteiger partial charge is 0.475 e. The van der Waals surface area contributed by atoms with Crippen LogP contribution in [0.5, 0.6) is 0 Å². The van der Waals surface area contributed by atoms with E-state index in [-0.39, 0.29) is 0 Å². The van der Waals surface area contributed by atoms with E-state index in [1.165, 1.54) is 0 Å². The van der Waals surface area contributed by atoms with E-state index in [0.717, 1.165) is 12.1 Å². The molecule has 1 rings (SSSR count). The van der Waals surface area contributed by atoms with Crippen molar-refractivity contribution in [1.29, 1.82) is 0 Å². The fourth-order valence-electron chi connectivity index (χ4n) is 1.36. The first-order chi connectivity index (χ1) is 10.3. The van der Waals surface area contributed by atoms with Gasteiger partial charge in [-0.15, -0.1) is 0 Å². The average Bonchev–Trinajstić information content (AvgIpc) is 3.00. The molecule has 22 heavy (non-hydrogen) atoms. The monoisotopic (exact) mass is 318 g/mol. The molecule has 10 heteroatoms. The van der Waals surface area contributed by atoms with Crippen LogP contribution in [0.15, 0.2) is 16.5 Å². The summed E-state index contributed by atoms with van der Waals surface area (Å²) in [5.41, 5.74) is 0. The summed E-state index contributed by atoms with van der Waals surface area (Å²) in [6.45, 7) is -1.83. The Morgan fingerprint density at radius 3 is 2.23 bits per heavy atom. The molecule has 1 heterocycles. The molecule has 0 saturated carbocycles. The van der Waals surface area contributed by atoms with Gasteiger partial charge in [0.05, 0.1) is 6.61 Å². The Morgan fingerprint density at radius 1 is 1.14 bits per heavy atom. The maximum atomic E-state index is 11.5. The molecule has 0 aliphatic rings. The molecule has 0 amide bonds. The first kappa shape index (κ1) is 17.8. The van der Waals surface area contributed by atoms with E-state index in [1.54, 1.807) is 0 Å². The van der Waals surface area contributed by atoms with Crippen LogP contribution in [-0.2, 0) is 9.53 Å². The molecule has 0 bridgehead atoms. The number of ether oxygens (including phenoxy) is 1. The van der Waals surface area contributed by atoms with Gasteiger partial charge in [0.25, 0.3) is 0 Å². The molecule has 0 aliphatic carbocycles. The van der Waals surface area contributed by atoms with Crippen LogP contribution in [0.2, 0.25) is 0 Å². The lowest BCUT2D eigenvalue weighted by molar-refractivity contribution is -0.143. The highest BCUT2D eigenvalue weighted by Crippen LogP contribution is 2.10. The SMILES string of the molecule is O=C(O)c1ccc(C(=O)OCC(=O)[C@@H](O)[C@H](O)[C@H](O)CO)o1. The third kappa shape index (κ3) is 4.36. The summed E-state index contributed by atoms with van der Waals surface area (Å²) in [5.74, 6) is -4.63. The smallest absolute Gasteiger partial charge is 0.374 e. The molecule has 0 aliphatic heterocycles. The Kier molecular flexibility index (Phi) is 6.19. The number of carbonyl (C=O) groups is 3. The van der Waals surface area contributed by atoms with Crippen molar-refractivity contribution in [3.05, 3.63) is 23.7 Å². The quantitative estimate of drug-likeness (QED) is 0.330. The van der Waals surface area contributed by atoms with Crippen LogP contribution in [0.4, 0.5) is 0 Å². The van der Waals surface area contributed by atoms with E-state index in [2.05, 4.69) is 9.15 Å². The zero-order valence-electron chi connectivity index (χ0n) is 11.1. The van der Waals surface area contributed by atoms with E-state index >= 15 is 0 Å². The van der Waals surface area contributed by atoms with E-state index in [4.69, 9.17) is 15.3 Å². The summed E-state index contributed by atoms with van der Waals surface area (Å²) < 4.78 is 9.11. The summed E-state index contributed by atoms with van der Waals surface area (Å²) in [6.07, 6.45) is -5.75. The van der Waals surface area contributed by atoms with Gasteiger partial charge in [0, 0.05) is 0 Å². The molecule has 3 atom stereocenters. The Bertz CT molecular complexity index is 548. The van der Waals surface area contributed by atoms with E-state index in [0.29, 0.717) is 0 Å². The maximum Gasteiger partial charge on any atom is 0.374 e. The van der Waals surface area contributed by atoms with Crippen molar-refractivity contribution < 1.29 is 49.1 Å². The van der Waals surface area contributed by atoms with Crippen molar-refractivity contribution in [2.45, 2.75) is 18.3 Å². The molecule has 0 radical (unpaired) electrons. The highest BCUT2D eigenvalue weighted by atomic mass is 16.5. The Hall–Kier alpha value is -2.27. The number of furan rings is 1. The number of hydrogen-bond acceptors (Lipinski definition) is 9. The number of aliphatic hydroxyl groups is 4. The van der Waals surface area contributed by atoms with Crippen LogP contribution >= 0.6 is 0 Å². The number of carboxylic acid groups (broad SMARTS) is 1. The van der Waals surface area contributed by atoms with Gasteiger partial charge in [-0.1, -0.05) is 0 Å². The predicted octanol–water partition coefficient (Wildman–Crippen LogP) is -2.22. The van der Waals surface area contributed by atoms with Gasteiger partial charge < -0.3 is 34.7 Å². The molecule has 0 unspecified atom stereocenters. The van der Waals surface area contributed by atoms with E-state index < -0.39 is 60.8 Å². The molecule has 0 fully saturated rings.